The van der Waals surface area contributed by atoms with Crippen molar-refractivity contribution in [3.05, 3.63) is 40.8 Å². The summed E-state index contributed by atoms with van der Waals surface area (Å²) in [7, 11) is 0. The maximum Gasteiger partial charge on any atom is 0.406 e. The molecule has 3 rings (SSSR count). The third-order valence-corrected chi connectivity index (χ3v) is 4.06. The van der Waals surface area contributed by atoms with E-state index < -0.39 is 36.8 Å². The number of carbonyl (C=O) groups excluding carboxylic acids is 1. The summed E-state index contributed by atoms with van der Waals surface area (Å²) in [6, 6.07) is 6.01. The summed E-state index contributed by atoms with van der Waals surface area (Å²) in [6.45, 7) is -1.47. The van der Waals surface area contributed by atoms with Crippen LogP contribution in [0.2, 0.25) is 0 Å². The van der Waals surface area contributed by atoms with Crippen LogP contribution in [0.25, 0.3) is 11.0 Å². The van der Waals surface area contributed by atoms with Gasteiger partial charge >= 0.3 is 6.18 Å². The Hall–Kier alpha value is -2.42. The lowest BCUT2D eigenvalue weighted by molar-refractivity contribution is -0.166. The van der Waals surface area contributed by atoms with Gasteiger partial charge in [-0.15, -0.1) is 0 Å². The predicted octanol–water partition coefficient (Wildman–Crippen LogP) is 1.58. The summed E-state index contributed by atoms with van der Waals surface area (Å²) in [5, 5.41) is 0. The number of hydrogen-bond donors (Lipinski definition) is 0. The van der Waals surface area contributed by atoms with Crippen molar-refractivity contribution in [3.63, 3.8) is 0 Å². The third-order valence-electron chi connectivity index (χ3n) is 4.06. The molecule has 1 aliphatic heterocycles. The molecule has 1 aromatic carbocycles. The number of fused-ring (bicyclic) bond motifs is 1. The van der Waals surface area contributed by atoms with Crippen molar-refractivity contribution >= 4 is 16.9 Å². The van der Waals surface area contributed by atoms with Gasteiger partial charge in [0, 0.05) is 6.61 Å². The minimum absolute atomic E-state index is 0.0633. The predicted molar refractivity (Wildman–Crippen MR) is 83.0 cm³/mol. The summed E-state index contributed by atoms with van der Waals surface area (Å²) in [5.41, 5.74) is 0.348. The van der Waals surface area contributed by atoms with E-state index in [1.165, 1.54) is 0 Å². The van der Waals surface area contributed by atoms with Crippen LogP contribution in [0.5, 0.6) is 0 Å². The van der Waals surface area contributed by atoms with Gasteiger partial charge in [0.2, 0.25) is 5.91 Å². The number of alkyl halides is 3. The average molecular weight is 355 g/mol. The molecule has 1 saturated heterocycles. The highest BCUT2D eigenvalue weighted by atomic mass is 19.4. The number of para-hydroxylation sites is 2. The molecule has 1 atom stereocenters. The largest absolute Gasteiger partial charge is 0.406 e. The summed E-state index contributed by atoms with van der Waals surface area (Å²) >= 11 is 0. The zero-order chi connectivity index (χ0) is 18.0. The van der Waals surface area contributed by atoms with E-state index in [-0.39, 0.29) is 6.61 Å². The number of halogens is 3. The molecule has 2 aromatic rings. The van der Waals surface area contributed by atoms with E-state index in [4.69, 9.17) is 4.74 Å². The van der Waals surface area contributed by atoms with Crippen LogP contribution in [0.15, 0.2) is 35.3 Å². The van der Waals surface area contributed by atoms with Crippen LogP contribution in [0.1, 0.15) is 6.42 Å². The summed E-state index contributed by atoms with van der Waals surface area (Å²) < 4.78 is 44.9. The fraction of sp³-hybridized carbons (Fsp3) is 0.438. The molecule has 134 valence electrons. The first-order valence-electron chi connectivity index (χ1n) is 7.74. The maximum absolute atomic E-state index is 12.9. The monoisotopic (exact) mass is 355 g/mol. The van der Waals surface area contributed by atoms with Gasteiger partial charge in [-0.05, 0) is 18.6 Å². The highest BCUT2D eigenvalue weighted by Gasteiger charge is 2.37. The van der Waals surface area contributed by atoms with E-state index in [0.29, 0.717) is 24.1 Å². The number of carbonyl (C=O) groups is 1. The van der Waals surface area contributed by atoms with Crippen LogP contribution < -0.4 is 5.56 Å². The van der Waals surface area contributed by atoms with E-state index in [1.54, 1.807) is 24.3 Å². The second-order valence-electron chi connectivity index (χ2n) is 5.83. The van der Waals surface area contributed by atoms with Gasteiger partial charge < -0.3 is 9.64 Å². The van der Waals surface area contributed by atoms with Gasteiger partial charge in [-0.2, -0.15) is 13.2 Å². The third kappa shape index (κ3) is 3.98. The SMILES string of the molecule is O=C(Cn1c(=O)cnc2ccccc21)N(CC(F)(F)F)C1CCOC1. The minimum Gasteiger partial charge on any atom is -0.379 e. The Balaban J connectivity index is 1.91. The van der Waals surface area contributed by atoms with Crippen LogP contribution >= 0.6 is 0 Å². The molecular weight excluding hydrogens is 339 g/mol. The van der Waals surface area contributed by atoms with Crippen molar-refractivity contribution in [2.75, 3.05) is 19.8 Å². The zero-order valence-corrected chi connectivity index (χ0v) is 13.2. The Morgan fingerprint density at radius 1 is 1.36 bits per heavy atom. The summed E-state index contributed by atoms with van der Waals surface area (Å²) in [4.78, 5) is 29.4. The molecule has 1 amide bonds. The fourth-order valence-corrected chi connectivity index (χ4v) is 2.89. The molecule has 25 heavy (non-hydrogen) atoms. The Bertz CT molecular complexity index is 828. The number of amides is 1. The maximum atomic E-state index is 12.9. The molecular formula is C16H16F3N3O3. The Morgan fingerprint density at radius 2 is 2.12 bits per heavy atom. The van der Waals surface area contributed by atoms with Gasteiger partial charge in [-0.3, -0.25) is 14.2 Å². The lowest BCUT2D eigenvalue weighted by Gasteiger charge is -2.29. The molecule has 0 radical (unpaired) electrons. The van der Waals surface area contributed by atoms with Gasteiger partial charge in [-0.25, -0.2) is 4.98 Å². The molecule has 1 aromatic heterocycles. The van der Waals surface area contributed by atoms with Gasteiger partial charge in [0.1, 0.15) is 13.1 Å². The van der Waals surface area contributed by atoms with Crippen molar-refractivity contribution in [1.82, 2.24) is 14.5 Å². The standard InChI is InChI=1S/C16H16F3N3O3/c17-16(18,19)10-22(11-5-6-25-9-11)15(24)8-21-13-4-2-1-3-12(13)20-7-14(21)23/h1-4,7,11H,5-6,8-10H2. The van der Waals surface area contributed by atoms with Crippen molar-refractivity contribution in [1.29, 1.82) is 0 Å². The molecule has 6 nitrogen and oxygen atoms in total. The normalized spacial score (nSPS) is 17.8. The van der Waals surface area contributed by atoms with Gasteiger partial charge in [0.05, 0.1) is 29.9 Å². The molecule has 2 heterocycles. The van der Waals surface area contributed by atoms with Crippen LogP contribution in [0.3, 0.4) is 0 Å². The van der Waals surface area contributed by atoms with Crippen LogP contribution in [-0.2, 0) is 16.1 Å². The van der Waals surface area contributed by atoms with Crippen LogP contribution in [-0.4, -0.2) is 52.3 Å². The van der Waals surface area contributed by atoms with Crippen molar-refractivity contribution in [3.8, 4) is 0 Å². The average Bonchev–Trinajstić information content (AvgIpc) is 3.08. The van der Waals surface area contributed by atoms with E-state index in [9.17, 15) is 22.8 Å². The van der Waals surface area contributed by atoms with Crippen LogP contribution in [0.4, 0.5) is 13.2 Å². The number of rotatable bonds is 4. The molecule has 0 spiro atoms. The van der Waals surface area contributed by atoms with Gasteiger partial charge in [0.15, 0.2) is 0 Å². The Labute approximate surface area is 140 Å². The first-order valence-corrected chi connectivity index (χ1v) is 7.74. The number of ether oxygens (including phenoxy) is 1. The van der Waals surface area contributed by atoms with Gasteiger partial charge in [-0.1, -0.05) is 12.1 Å². The Kier molecular flexibility index (Phi) is 4.76. The number of hydrogen-bond acceptors (Lipinski definition) is 4. The Morgan fingerprint density at radius 3 is 2.80 bits per heavy atom. The van der Waals surface area contributed by atoms with Gasteiger partial charge in [0.25, 0.3) is 5.56 Å². The van der Waals surface area contributed by atoms with E-state index in [2.05, 4.69) is 4.98 Å². The van der Waals surface area contributed by atoms with Crippen molar-refractivity contribution < 1.29 is 22.7 Å². The molecule has 0 bridgehead atoms. The lowest BCUT2D eigenvalue weighted by atomic mass is 10.2. The summed E-state index contributed by atoms with van der Waals surface area (Å²) in [5.74, 6) is -0.772. The quantitative estimate of drug-likeness (QED) is 0.835. The van der Waals surface area contributed by atoms with Crippen LogP contribution in [0, 0.1) is 0 Å². The first kappa shape index (κ1) is 17.4. The van der Waals surface area contributed by atoms with E-state index in [0.717, 1.165) is 15.7 Å². The summed E-state index contributed by atoms with van der Waals surface area (Å²) in [6.07, 6.45) is -3.13. The van der Waals surface area contributed by atoms with Crippen molar-refractivity contribution in [2.45, 2.75) is 25.2 Å². The fourth-order valence-electron chi connectivity index (χ4n) is 2.89. The number of nitrogens with zero attached hydrogens (tertiary/aromatic N) is 3. The topological polar surface area (TPSA) is 64.4 Å². The molecule has 0 aliphatic carbocycles. The molecule has 1 unspecified atom stereocenters. The highest BCUT2D eigenvalue weighted by Crippen LogP contribution is 2.22. The first-order chi connectivity index (χ1) is 11.8. The minimum atomic E-state index is -4.52. The number of aromatic nitrogens is 2. The second-order valence-corrected chi connectivity index (χ2v) is 5.83. The van der Waals surface area contributed by atoms with E-state index in [1.807, 2.05) is 0 Å². The zero-order valence-electron chi connectivity index (χ0n) is 13.2. The molecule has 0 N–H and O–H groups in total. The number of benzene rings is 1. The highest BCUT2D eigenvalue weighted by molar-refractivity contribution is 5.80. The van der Waals surface area contributed by atoms with Crippen molar-refractivity contribution in [2.24, 2.45) is 0 Å². The second kappa shape index (κ2) is 6.83. The molecule has 1 aliphatic rings. The molecule has 1 fully saturated rings. The molecule has 9 heteroatoms. The van der Waals surface area contributed by atoms with E-state index >= 15 is 0 Å². The lowest BCUT2D eigenvalue weighted by Crippen LogP contribution is -2.48. The molecule has 0 saturated carbocycles. The smallest absolute Gasteiger partial charge is 0.379 e.